The van der Waals surface area contributed by atoms with E-state index in [-0.39, 0.29) is 19.8 Å². The maximum atomic E-state index is 10.9. The Kier molecular flexibility index (Phi) is 38.6. The lowest BCUT2D eigenvalue weighted by molar-refractivity contribution is -0.0816. The van der Waals surface area contributed by atoms with E-state index in [0.717, 1.165) is 56.3 Å². The minimum atomic E-state index is -5.10. The maximum Gasteiger partial charge on any atom is 0.669 e. The fourth-order valence-corrected chi connectivity index (χ4v) is 49.4. The van der Waals surface area contributed by atoms with Crippen molar-refractivity contribution in [2.75, 3.05) is 98.0 Å². The molecule has 476 valence electrons. The summed E-state index contributed by atoms with van der Waals surface area (Å²) in [5.74, 6) is 0. The van der Waals surface area contributed by atoms with E-state index in [2.05, 4.69) is 8.85 Å². The van der Waals surface area contributed by atoms with Crippen LogP contribution in [0.5, 0.6) is 0 Å². The molecule has 2 heterocycles. The molecule has 0 saturated carbocycles. The van der Waals surface area contributed by atoms with Crippen LogP contribution < -0.4 is 0 Å². The van der Waals surface area contributed by atoms with Gasteiger partial charge in [-0.25, -0.2) is 0 Å². The van der Waals surface area contributed by atoms with Crippen molar-refractivity contribution in [2.24, 2.45) is 0 Å². The number of fused-ring (bicyclic) bond motifs is 2. The van der Waals surface area contributed by atoms with Crippen molar-refractivity contribution in [3.05, 3.63) is 0 Å². The second kappa shape index (κ2) is 36.1. The zero-order valence-electron chi connectivity index (χ0n) is 49.0. The minimum absolute atomic E-state index is 0.0131. The summed E-state index contributed by atoms with van der Waals surface area (Å²) >= 11 is 0. The van der Waals surface area contributed by atoms with Crippen LogP contribution in [0.3, 0.4) is 0 Å². The summed E-state index contributed by atoms with van der Waals surface area (Å²) in [5, 5.41) is 7.00. The molecule has 0 aromatic rings. The zero-order chi connectivity index (χ0) is 62.9. The molecular weight excluding hydrogens is 1340 g/mol. The van der Waals surface area contributed by atoms with Gasteiger partial charge in [0, 0.05) is 111 Å². The quantitative estimate of drug-likeness (QED) is 0.0331. The third kappa shape index (κ3) is 29.3. The molecule has 0 spiro atoms. The van der Waals surface area contributed by atoms with Crippen molar-refractivity contribution >= 4 is 134 Å². The smallest absolute Gasteiger partial charge is 0.400 e. The van der Waals surface area contributed by atoms with Gasteiger partial charge in [-0.2, -0.15) is 0 Å². The highest BCUT2D eigenvalue weighted by Gasteiger charge is 2.78. The van der Waals surface area contributed by atoms with E-state index in [4.69, 9.17) is 120 Å². The van der Waals surface area contributed by atoms with Crippen LogP contribution in [0.2, 0.25) is 52.4 Å². The number of hydrogen-bond donors (Lipinski definition) is 8. The summed E-state index contributed by atoms with van der Waals surface area (Å²) in [5.41, 5.74) is 0. The van der Waals surface area contributed by atoms with Gasteiger partial charge >= 0.3 is 117 Å². The minimum Gasteiger partial charge on any atom is -0.400 e. The standard InChI is InChI=1S/C13H42O18Si7.C11H34O16Si7.C2H6.CH4O.O2Si/c1-12-24-36(18,21-5)28-33(11,27-34(14,15)19-3)29-38(23-7,30-35(16,17)20-4)31-37(22-6,25-13-2)26-32(8,9)10;1-11-19-32(16-4)22-29(10)21-30(12,14-2)24-31(13,15-3)25-34(18-6,23-29)27-33(17-5,26-32)20-28(7,8)9;2*1-2;1-3-2/h14-18H,12-13H2,1-11H3;12-13H,11H2,1-10H3;1-2H3;2H,1H3;. The molecule has 0 amide bonds. The van der Waals surface area contributed by atoms with E-state index in [1.165, 1.54) is 41.9 Å². The third-order valence-electron chi connectivity index (χ3n) is 7.79. The summed E-state index contributed by atoms with van der Waals surface area (Å²) in [7, 11) is -49.8. The van der Waals surface area contributed by atoms with Crippen LogP contribution in [-0.2, 0) is 124 Å². The Morgan fingerprint density at radius 2 is 0.924 bits per heavy atom. The Morgan fingerprint density at radius 3 is 1.29 bits per heavy atom. The molecule has 0 aromatic heterocycles. The number of hydrogen-bond acceptors (Lipinski definition) is 37. The fraction of sp³-hybridized carbons (Fsp3) is 1.00. The van der Waals surface area contributed by atoms with Gasteiger partial charge in [-0.15, -0.1) is 0 Å². The van der Waals surface area contributed by atoms with E-state index >= 15 is 0 Å². The lowest BCUT2D eigenvalue weighted by atomic mass is 10.9. The first-order chi connectivity index (χ1) is 36.1. The van der Waals surface area contributed by atoms with E-state index in [1.807, 2.05) is 33.5 Å². The third-order valence-corrected chi connectivity index (χ3v) is 48.9. The van der Waals surface area contributed by atoms with Gasteiger partial charge in [0.25, 0.3) is 0 Å². The predicted octanol–water partition coefficient (Wildman–Crippen LogP) is -3.07. The fourth-order valence-electron chi connectivity index (χ4n) is 5.17. The molecule has 0 aromatic carbocycles. The monoisotopic (exact) mass is 1420 g/mol. The first kappa shape index (κ1) is 84.7. The molecule has 37 nitrogen and oxygen atoms in total. The normalized spacial score (nSPS) is 28.8. The highest BCUT2D eigenvalue weighted by atomic mass is 28.6. The summed E-state index contributed by atoms with van der Waals surface area (Å²) in [6, 6.07) is 0. The van der Waals surface area contributed by atoms with Gasteiger partial charge < -0.3 is 154 Å². The molecule has 2 fully saturated rings. The van der Waals surface area contributed by atoms with Crippen LogP contribution in [0.1, 0.15) is 34.6 Å². The molecule has 10 unspecified atom stereocenters. The topological polar surface area (TPSA) is 445 Å². The Bertz CT molecular complexity index is 1740. The number of aliphatic hydroxyl groups is 1. The van der Waals surface area contributed by atoms with Crippen LogP contribution in [0.25, 0.3) is 0 Å². The number of rotatable bonds is 30. The average molecular weight is 1420 g/mol. The first-order valence-electron chi connectivity index (χ1n) is 22.9. The van der Waals surface area contributed by atoms with Gasteiger partial charge in [0.2, 0.25) is 0 Å². The highest BCUT2D eigenvalue weighted by Crippen LogP contribution is 2.39. The van der Waals surface area contributed by atoms with Crippen LogP contribution in [0, 0.1) is 0 Å². The molecule has 10 atom stereocenters. The Hall–Kier alpha value is 1.45. The largest absolute Gasteiger partial charge is 0.669 e. The van der Waals surface area contributed by atoms with Crippen molar-refractivity contribution in [3.63, 3.8) is 0 Å². The SMILES string of the molecule is CC.CCO[Si](O)(OC)O[Si](C)(O[Si](O)(O)OC)O[Si](OC)(O[Si](O)(O)OC)O[Si](OC)(OCC)O[Si](C)(C)C.CCO[Si]1(OC)O[Si]2(C)O[Si](O)(OC)O[Si](O)(OC)O[Si](OC)(O2)O[Si](OC)(O[Si](C)(C)C)O1.CO.O=[Si]=O. The van der Waals surface area contributed by atoms with Gasteiger partial charge in [0.15, 0.2) is 16.6 Å². The van der Waals surface area contributed by atoms with Gasteiger partial charge in [-0.1, -0.05) is 13.8 Å². The molecule has 8 N–H and O–H groups in total. The predicted molar refractivity (Wildman–Crippen MR) is 290 cm³/mol. The lowest BCUT2D eigenvalue weighted by Gasteiger charge is -2.49. The van der Waals surface area contributed by atoms with Crippen molar-refractivity contribution in [3.8, 4) is 0 Å². The number of aliphatic hydroxyl groups excluding tert-OH is 1. The van der Waals surface area contributed by atoms with Crippen molar-refractivity contribution < 1.29 is 163 Å². The van der Waals surface area contributed by atoms with E-state index in [1.54, 1.807) is 33.5 Å². The molecule has 2 aliphatic rings. The lowest BCUT2D eigenvalue weighted by Crippen LogP contribution is -2.80. The van der Waals surface area contributed by atoms with Crippen LogP contribution in [0.4, 0.5) is 0 Å². The molecule has 0 aliphatic carbocycles. The van der Waals surface area contributed by atoms with Gasteiger partial charge in [-0.05, 0) is 60.1 Å². The molecule has 2 rings (SSSR count). The average Bonchev–Trinajstić information content (AvgIpc) is 3.33. The summed E-state index contributed by atoms with van der Waals surface area (Å²) in [6.45, 7) is 22.3. The molecule has 2 saturated heterocycles. The van der Waals surface area contributed by atoms with Gasteiger partial charge in [0.05, 0.1) is 0 Å². The first-order valence-corrected chi connectivity index (χ1v) is 51.5. The van der Waals surface area contributed by atoms with Gasteiger partial charge in [0.1, 0.15) is 0 Å². The Morgan fingerprint density at radius 1 is 0.456 bits per heavy atom. The van der Waals surface area contributed by atoms with Crippen LogP contribution in [-0.4, -0.2) is 271 Å². The second-order valence-corrected chi connectivity index (χ2v) is 54.8. The molecule has 0 radical (unpaired) electrons. The van der Waals surface area contributed by atoms with Crippen molar-refractivity contribution in [1.82, 2.24) is 0 Å². The van der Waals surface area contributed by atoms with Crippen molar-refractivity contribution in [1.29, 1.82) is 0 Å². The van der Waals surface area contributed by atoms with Crippen LogP contribution >= 0.6 is 0 Å². The van der Waals surface area contributed by atoms with Gasteiger partial charge in [-0.3, -0.25) is 8.92 Å². The van der Waals surface area contributed by atoms with E-state index in [0.29, 0.717) is 0 Å². The molecular formula is C27H86O37Si15. The molecule has 2 bridgehead atoms. The van der Waals surface area contributed by atoms with Crippen LogP contribution in [0.15, 0.2) is 0 Å². The summed E-state index contributed by atoms with van der Waals surface area (Å²) < 4.78 is 167. The van der Waals surface area contributed by atoms with Crippen molar-refractivity contribution in [2.45, 2.75) is 87.0 Å². The zero-order valence-corrected chi connectivity index (χ0v) is 64.0. The Labute approximate surface area is 479 Å². The van der Waals surface area contributed by atoms with E-state index < -0.39 is 134 Å². The summed E-state index contributed by atoms with van der Waals surface area (Å²) in [4.78, 5) is 73.7. The van der Waals surface area contributed by atoms with E-state index in [9.17, 15) is 33.6 Å². The molecule has 2 aliphatic heterocycles. The Balaban J connectivity index is -0.00000132. The second-order valence-electron chi connectivity index (χ2n) is 16.0. The molecule has 79 heavy (non-hydrogen) atoms. The highest BCUT2D eigenvalue weighted by molar-refractivity contribution is 6.92. The molecule has 52 heteroatoms. The maximum absolute atomic E-state index is 10.9. The summed E-state index contributed by atoms with van der Waals surface area (Å²) in [6.07, 6.45) is 0.